The smallest absolute Gasteiger partial charge is 0.160 e. The van der Waals surface area contributed by atoms with Crippen molar-refractivity contribution < 1.29 is 9.53 Å². The third-order valence-electron chi connectivity index (χ3n) is 1.69. The van der Waals surface area contributed by atoms with E-state index in [1.165, 1.54) is 14.0 Å². The lowest BCUT2D eigenvalue weighted by Gasteiger charge is -2.07. The number of rotatable bonds is 2. The van der Waals surface area contributed by atoms with Crippen LogP contribution in [0.25, 0.3) is 0 Å². The zero-order valence-electron chi connectivity index (χ0n) is 7.43. The number of anilines is 1. The summed E-state index contributed by atoms with van der Waals surface area (Å²) < 4.78 is 5.72. The first-order valence-electron chi connectivity index (χ1n) is 3.70. The van der Waals surface area contributed by atoms with Crippen LogP contribution in [0.2, 0.25) is 0 Å². The molecule has 0 heterocycles. The molecule has 2 N–H and O–H groups in total. The lowest BCUT2D eigenvalue weighted by molar-refractivity contribution is 0.101. The van der Waals surface area contributed by atoms with Crippen molar-refractivity contribution in [1.82, 2.24) is 0 Å². The third-order valence-corrected chi connectivity index (χ3v) is 2.54. The molecule has 0 bridgehead atoms. The predicted octanol–water partition coefficient (Wildman–Crippen LogP) is 2.24. The van der Waals surface area contributed by atoms with E-state index in [0.29, 0.717) is 21.5 Å². The number of hydrogen-bond acceptors (Lipinski definition) is 3. The van der Waals surface area contributed by atoms with Crippen molar-refractivity contribution in [3.05, 3.63) is 22.2 Å². The second-order valence-corrected chi connectivity index (χ2v) is 3.43. The number of halogens is 1. The van der Waals surface area contributed by atoms with Gasteiger partial charge in [-0.1, -0.05) is 0 Å². The molecule has 1 aromatic carbocycles. The van der Waals surface area contributed by atoms with E-state index in [1.807, 2.05) is 0 Å². The Morgan fingerprint density at radius 2 is 2.15 bits per heavy atom. The van der Waals surface area contributed by atoms with Gasteiger partial charge in [0.05, 0.1) is 17.3 Å². The minimum absolute atomic E-state index is 0.0301. The van der Waals surface area contributed by atoms with Crippen LogP contribution in [0.15, 0.2) is 16.6 Å². The summed E-state index contributed by atoms with van der Waals surface area (Å²) in [7, 11) is 1.53. The van der Waals surface area contributed by atoms with Gasteiger partial charge in [-0.05, 0) is 35.0 Å². The van der Waals surface area contributed by atoms with Gasteiger partial charge >= 0.3 is 0 Å². The first-order chi connectivity index (χ1) is 6.06. The fourth-order valence-electron chi connectivity index (χ4n) is 0.971. The highest BCUT2D eigenvalue weighted by Crippen LogP contribution is 2.31. The van der Waals surface area contributed by atoms with Gasteiger partial charge in [0.2, 0.25) is 0 Å². The maximum absolute atomic E-state index is 11.1. The summed E-state index contributed by atoms with van der Waals surface area (Å²) in [5, 5.41) is 0. The van der Waals surface area contributed by atoms with Crippen LogP contribution in [0.5, 0.6) is 5.75 Å². The number of Topliss-reactive ketones (excluding diaryl/α,β-unsaturated/α-hetero) is 1. The second-order valence-electron chi connectivity index (χ2n) is 2.64. The van der Waals surface area contributed by atoms with Gasteiger partial charge in [-0.2, -0.15) is 0 Å². The zero-order valence-corrected chi connectivity index (χ0v) is 9.01. The summed E-state index contributed by atoms with van der Waals surface area (Å²) in [5.74, 6) is 0.544. The Kier molecular flexibility index (Phi) is 2.93. The molecule has 0 aliphatic rings. The van der Waals surface area contributed by atoms with Gasteiger partial charge in [0.15, 0.2) is 5.78 Å². The number of nitrogen functional groups attached to an aromatic ring is 1. The molecule has 0 spiro atoms. The van der Waals surface area contributed by atoms with E-state index in [2.05, 4.69) is 15.9 Å². The fourth-order valence-corrected chi connectivity index (χ4v) is 1.36. The number of methoxy groups -OCH3 is 1. The summed E-state index contributed by atoms with van der Waals surface area (Å²) in [5.41, 5.74) is 6.71. The first kappa shape index (κ1) is 10.1. The molecule has 0 saturated carbocycles. The molecule has 0 amide bonds. The summed E-state index contributed by atoms with van der Waals surface area (Å²) in [6, 6.07) is 3.28. The standard InChI is InChI=1S/C9H10BrNO2/c1-5(12)6-3-7(11)9(10)8(4-6)13-2/h3-4H,11H2,1-2H3. The van der Waals surface area contributed by atoms with Crippen LogP contribution in [0.4, 0.5) is 5.69 Å². The van der Waals surface area contributed by atoms with Crippen molar-refractivity contribution in [1.29, 1.82) is 0 Å². The van der Waals surface area contributed by atoms with Crippen LogP contribution in [-0.2, 0) is 0 Å². The Hall–Kier alpha value is -1.03. The van der Waals surface area contributed by atoms with E-state index >= 15 is 0 Å². The number of benzene rings is 1. The molecule has 70 valence electrons. The summed E-state index contributed by atoms with van der Waals surface area (Å²) in [6.07, 6.45) is 0. The average molecular weight is 244 g/mol. The predicted molar refractivity (Wildman–Crippen MR) is 55.1 cm³/mol. The molecule has 0 aliphatic carbocycles. The third kappa shape index (κ3) is 2.01. The maximum atomic E-state index is 11.1. The maximum Gasteiger partial charge on any atom is 0.160 e. The fraction of sp³-hybridized carbons (Fsp3) is 0.222. The lowest BCUT2D eigenvalue weighted by Crippen LogP contribution is -1.98. The molecule has 0 radical (unpaired) electrons. The summed E-state index contributed by atoms with van der Waals surface area (Å²) >= 11 is 3.26. The molecule has 4 heteroatoms. The van der Waals surface area contributed by atoms with E-state index in [4.69, 9.17) is 10.5 Å². The topological polar surface area (TPSA) is 52.3 Å². The molecule has 0 fully saturated rings. The van der Waals surface area contributed by atoms with Crippen molar-refractivity contribution in [2.24, 2.45) is 0 Å². The van der Waals surface area contributed by atoms with Crippen LogP contribution in [0, 0.1) is 0 Å². The van der Waals surface area contributed by atoms with Crippen molar-refractivity contribution in [2.75, 3.05) is 12.8 Å². The lowest BCUT2D eigenvalue weighted by atomic mass is 10.1. The summed E-state index contributed by atoms with van der Waals surface area (Å²) in [4.78, 5) is 11.1. The van der Waals surface area contributed by atoms with Gasteiger partial charge in [0, 0.05) is 5.56 Å². The molecular weight excluding hydrogens is 234 g/mol. The van der Waals surface area contributed by atoms with Crippen molar-refractivity contribution in [3.8, 4) is 5.75 Å². The molecule has 0 aromatic heterocycles. The number of carbonyl (C=O) groups excluding carboxylic acids is 1. The molecule has 1 rings (SSSR count). The molecule has 0 unspecified atom stereocenters. The van der Waals surface area contributed by atoms with Gasteiger partial charge in [-0.25, -0.2) is 0 Å². The highest BCUT2D eigenvalue weighted by atomic mass is 79.9. The SMILES string of the molecule is COc1cc(C(C)=O)cc(N)c1Br. The van der Waals surface area contributed by atoms with E-state index < -0.39 is 0 Å². The van der Waals surface area contributed by atoms with Crippen LogP contribution in [-0.4, -0.2) is 12.9 Å². The van der Waals surface area contributed by atoms with Gasteiger partial charge in [-0.15, -0.1) is 0 Å². The van der Waals surface area contributed by atoms with Crippen LogP contribution in [0.3, 0.4) is 0 Å². The van der Waals surface area contributed by atoms with E-state index in [0.717, 1.165) is 0 Å². The Morgan fingerprint density at radius 3 is 2.62 bits per heavy atom. The molecule has 1 aromatic rings. The van der Waals surface area contributed by atoms with E-state index in [-0.39, 0.29) is 5.78 Å². The number of hydrogen-bond donors (Lipinski definition) is 1. The minimum atomic E-state index is -0.0301. The molecule has 3 nitrogen and oxygen atoms in total. The monoisotopic (exact) mass is 243 g/mol. The average Bonchev–Trinajstić information content (AvgIpc) is 2.09. The number of ketones is 1. The quantitative estimate of drug-likeness (QED) is 0.641. The minimum Gasteiger partial charge on any atom is -0.495 e. The first-order valence-corrected chi connectivity index (χ1v) is 4.49. The Bertz CT molecular complexity index is 350. The Labute approximate surface area is 85.0 Å². The molecule has 13 heavy (non-hydrogen) atoms. The van der Waals surface area contributed by atoms with Gasteiger partial charge < -0.3 is 10.5 Å². The highest BCUT2D eigenvalue weighted by molar-refractivity contribution is 9.10. The van der Waals surface area contributed by atoms with Crippen molar-refractivity contribution in [2.45, 2.75) is 6.92 Å². The zero-order chi connectivity index (χ0) is 10.0. The molecular formula is C9H10BrNO2. The van der Waals surface area contributed by atoms with Crippen molar-refractivity contribution >= 4 is 27.4 Å². The summed E-state index contributed by atoms with van der Waals surface area (Å²) in [6.45, 7) is 1.49. The normalized spacial score (nSPS) is 9.77. The Morgan fingerprint density at radius 1 is 1.54 bits per heavy atom. The Balaban J connectivity index is 3.30. The van der Waals surface area contributed by atoms with E-state index in [1.54, 1.807) is 12.1 Å². The number of carbonyl (C=O) groups is 1. The second kappa shape index (κ2) is 3.79. The van der Waals surface area contributed by atoms with E-state index in [9.17, 15) is 4.79 Å². The van der Waals surface area contributed by atoms with Crippen LogP contribution >= 0.6 is 15.9 Å². The van der Waals surface area contributed by atoms with Gasteiger partial charge in [0.1, 0.15) is 5.75 Å². The molecule has 0 aliphatic heterocycles. The van der Waals surface area contributed by atoms with Crippen LogP contribution in [0.1, 0.15) is 17.3 Å². The number of nitrogens with two attached hydrogens (primary N) is 1. The highest BCUT2D eigenvalue weighted by Gasteiger charge is 2.08. The largest absolute Gasteiger partial charge is 0.495 e. The number of ether oxygens (including phenoxy) is 1. The van der Waals surface area contributed by atoms with Gasteiger partial charge in [-0.3, -0.25) is 4.79 Å². The van der Waals surface area contributed by atoms with Gasteiger partial charge in [0.25, 0.3) is 0 Å². The molecule has 0 atom stereocenters. The van der Waals surface area contributed by atoms with Crippen LogP contribution < -0.4 is 10.5 Å². The molecule has 0 saturated heterocycles. The van der Waals surface area contributed by atoms with Crippen molar-refractivity contribution in [3.63, 3.8) is 0 Å².